The summed E-state index contributed by atoms with van der Waals surface area (Å²) in [4.78, 5) is 17.3. The van der Waals surface area contributed by atoms with Crippen molar-refractivity contribution in [1.29, 1.82) is 5.41 Å². The van der Waals surface area contributed by atoms with E-state index in [1.165, 1.54) is 16.8 Å². The molecule has 1 aromatic heterocycles. The number of hydrogen-bond donors (Lipinski definition) is 1. The van der Waals surface area contributed by atoms with Crippen LogP contribution in [0, 0.1) is 19.3 Å². The van der Waals surface area contributed by atoms with Gasteiger partial charge < -0.3 is 9.30 Å². The molecular weight excluding hydrogens is 494 g/mol. The average molecular weight is 520 g/mol. The number of amides is 1. The Balaban J connectivity index is 1.28. The number of aryl methyl sites for hydroxylation is 2. The number of carbonyl (C=O) groups is 1. The van der Waals surface area contributed by atoms with Gasteiger partial charge in [-0.25, -0.2) is 0 Å². The standard InChI is InChI=1S/C30H25N5O2S/c1-19-10-12-21(13-11-19)29-33-35-27(31)25(28(36)32-30(35)38-29)17-22-18-34(26-9-4-3-8-24(22)26)14-15-37-23-7-5-6-20(2)16-23/h3-13,16-18,31H,14-15H2,1-2H3/b25-17-,31-27?. The van der Waals surface area contributed by atoms with Gasteiger partial charge in [-0.05, 0) is 55.4 Å². The molecule has 38 heavy (non-hydrogen) atoms. The Labute approximate surface area is 224 Å². The van der Waals surface area contributed by atoms with Gasteiger partial charge in [0, 0.05) is 28.2 Å². The van der Waals surface area contributed by atoms with E-state index in [9.17, 15) is 4.79 Å². The third-order valence-electron chi connectivity index (χ3n) is 6.46. The Bertz CT molecular complexity index is 1680. The van der Waals surface area contributed by atoms with E-state index in [1.54, 1.807) is 6.08 Å². The number of para-hydroxylation sites is 1. The number of thioether (sulfide) groups is 1. The molecule has 188 valence electrons. The van der Waals surface area contributed by atoms with Crippen molar-refractivity contribution < 1.29 is 9.53 Å². The number of aromatic nitrogens is 1. The van der Waals surface area contributed by atoms with Crippen LogP contribution in [-0.2, 0) is 11.3 Å². The SMILES string of the molecule is Cc1ccc(C2=NN3C(=N)/C(=C/c4cn(CCOc5cccc(C)c5)c5ccccc45)C(=O)N=C3S2)cc1. The topological polar surface area (TPSA) is 83.0 Å². The van der Waals surface area contributed by atoms with Crippen molar-refractivity contribution >= 4 is 50.7 Å². The number of nitrogens with zero attached hydrogens (tertiary/aromatic N) is 4. The van der Waals surface area contributed by atoms with Crippen LogP contribution in [-0.4, -0.2) is 38.1 Å². The normalized spacial score (nSPS) is 16.2. The van der Waals surface area contributed by atoms with Crippen LogP contribution >= 0.6 is 11.8 Å². The maximum Gasteiger partial charge on any atom is 0.283 e. The molecule has 0 saturated carbocycles. The van der Waals surface area contributed by atoms with Gasteiger partial charge in [-0.3, -0.25) is 10.2 Å². The second kappa shape index (κ2) is 9.79. The zero-order chi connectivity index (χ0) is 26.2. The van der Waals surface area contributed by atoms with E-state index in [0.717, 1.165) is 38.9 Å². The lowest BCUT2D eigenvalue weighted by Gasteiger charge is -2.20. The van der Waals surface area contributed by atoms with Gasteiger partial charge >= 0.3 is 0 Å². The highest BCUT2D eigenvalue weighted by atomic mass is 32.2. The van der Waals surface area contributed by atoms with Crippen molar-refractivity contribution in [2.45, 2.75) is 20.4 Å². The minimum atomic E-state index is -0.436. The molecule has 3 aromatic carbocycles. The Hall–Kier alpha value is -4.43. The number of nitrogens with one attached hydrogen (secondary N) is 1. The molecule has 0 aliphatic carbocycles. The smallest absolute Gasteiger partial charge is 0.283 e. The van der Waals surface area contributed by atoms with E-state index in [-0.39, 0.29) is 11.4 Å². The zero-order valence-corrected chi connectivity index (χ0v) is 21.8. The van der Waals surface area contributed by atoms with E-state index < -0.39 is 5.91 Å². The summed E-state index contributed by atoms with van der Waals surface area (Å²) in [6.45, 7) is 5.21. The molecule has 1 N–H and O–H groups in total. The van der Waals surface area contributed by atoms with E-state index in [2.05, 4.69) is 14.7 Å². The van der Waals surface area contributed by atoms with Crippen LogP contribution in [0.5, 0.6) is 5.75 Å². The second-order valence-corrected chi connectivity index (χ2v) is 10.2. The molecule has 7 nitrogen and oxygen atoms in total. The number of rotatable bonds is 6. The third-order valence-corrected chi connectivity index (χ3v) is 7.42. The van der Waals surface area contributed by atoms with Gasteiger partial charge in [0.15, 0.2) is 5.84 Å². The lowest BCUT2D eigenvalue weighted by Crippen LogP contribution is -2.35. The lowest BCUT2D eigenvalue weighted by molar-refractivity contribution is -0.114. The molecule has 0 fully saturated rings. The van der Waals surface area contributed by atoms with Gasteiger partial charge in [0.1, 0.15) is 17.4 Å². The predicted octanol–water partition coefficient (Wildman–Crippen LogP) is 6.00. The first-order chi connectivity index (χ1) is 18.5. The summed E-state index contributed by atoms with van der Waals surface area (Å²) in [5.41, 5.74) is 5.32. The Kier molecular flexibility index (Phi) is 6.17. The van der Waals surface area contributed by atoms with Gasteiger partial charge in [0.2, 0.25) is 5.17 Å². The quantitative estimate of drug-likeness (QED) is 0.317. The van der Waals surface area contributed by atoms with Crippen LogP contribution < -0.4 is 4.74 Å². The molecule has 0 saturated heterocycles. The molecular formula is C30H25N5O2S. The maximum absolute atomic E-state index is 13.0. The first-order valence-corrected chi connectivity index (χ1v) is 13.1. The molecule has 0 spiro atoms. The number of amidine groups is 2. The molecule has 4 aromatic rings. The summed E-state index contributed by atoms with van der Waals surface area (Å²) in [7, 11) is 0. The van der Waals surface area contributed by atoms with E-state index in [4.69, 9.17) is 10.1 Å². The summed E-state index contributed by atoms with van der Waals surface area (Å²) in [5.74, 6) is 0.427. The maximum atomic E-state index is 13.0. The molecule has 0 bridgehead atoms. The van der Waals surface area contributed by atoms with Crippen molar-refractivity contribution in [3.63, 3.8) is 0 Å². The zero-order valence-electron chi connectivity index (χ0n) is 21.0. The number of carbonyl (C=O) groups excluding carboxylic acids is 1. The summed E-state index contributed by atoms with van der Waals surface area (Å²) >= 11 is 1.30. The van der Waals surface area contributed by atoms with Crippen molar-refractivity contribution in [3.8, 4) is 5.75 Å². The average Bonchev–Trinajstić information content (AvgIpc) is 3.49. The van der Waals surface area contributed by atoms with Gasteiger partial charge in [0.05, 0.1) is 12.1 Å². The number of ether oxygens (including phenoxy) is 1. The van der Waals surface area contributed by atoms with Crippen molar-refractivity contribution in [2.24, 2.45) is 10.1 Å². The number of benzene rings is 3. The lowest BCUT2D eigenvalue weighted by atomic mass is 10.1. The van der Waals surface area contributed by atoms with Crippen LogP contribution in [0.25, 0.3) is 17.0 Å². The van der Waals surface area contributed by atoms with Crippen LogP contribution in [0.15, 0.2) is 94.7 Å². The Morgan fingerprint density at radius 1 is 1.00 bits per heavy atom. The summed E-state index contributed by atoms with van der Waals surface area (Å²) in [6, 6.07) is 24.0. The Morgan fingerprint density at radius 3 is 2.63 bits per heavy atom. The summed E-state index contributed by atoms with van der Waals surface area (Å²) < 4.78 is 8.08. The number of aliphatic imine (C=N–C) groups is 1. The van der Waals surface area contributed by atoms with Crippen molar-refractivity contribution in [1.82, 2.24) is 9.58 Å². The van der Waals surface area contributed by atoms with Gasteiger partial charge in [-0.1, -0.05) is 60.2 Å². The fraction of sp³-hybridized carbons (Fsp3) is 0.133. The van der Waals surface area contributed by atoms with Crippen molar-refractivity contribution in [3.05, 3.63) is 107 Å². The van der Waals surface area contributed by atoms with E-state index in [1.807, 2.05) is 92.8 Å². The Morgan fingerprint density at radius 2 is 1.82 bits per heavy atom. The fourth-order valence-electron chi connectivity index (χ4n) is 4.50. The van der Waals surface area contributed by atoms with Crippen LogP contribution in [0.2, 0.25) is 0 Å². The van der Waals surface area contributed by atoms with Gasteiger partial charge in [-0.2, -0.15) is 15.1 Å². The first kappa shape index (κ1) is 23.9. The highest BCUT2D eigenvalue weighted by molar-refractivity contribution is 8.27. The molecule has 0 radical (unpaired) electrons. The highest BCUT2D eigenvalue weighted by Crippen LogP contribution is 2.32. The number of fused-ring (bicyclic) bond motifs is 2. The van der Waals surface area contributed by atoms with E-state index in [0.29, 0.717) is 23.4 Å². The molecule has 3 heterocycles. The van der Waals surface area contributed by atoms with Crippen LogP contribution in [0.4, 0.5) is 0 Å². The number of hydrogen-bond acceptors (Lipinski definition) is 5. The van der Waals surface area contributed by atoms with Crippen molar-refractivity contribution in [2.75, 3.05) is 6.61 Å². The summed E-state index contributed by atoms with van der Waals surface area (Å²) in [5, 5.41) is 16.9. The minimum Gasteiger partial charge on any atom is -0.492 e. The molecule has 0 atom stereocenters. The minimum absolute atomic E-state index is 0.0224. The summed E-state index contributed by atoms with van der Waals surface area (Å²) in [6.07, 6.45) is 3.74. The molecule has 8 heteroatoms. The largest absolute Gasteiger partial charge is 0.492 e. The molecule has 6 rings (SSSR count). The van der Waals surface area contributed by atoms with Gasteiger partial charge in [-0.15, -0.1) is 0 Å². The highest BCUT2D eigenvalue weighted by Gasteiger charge is 2.36. The van der Waals surface area contributed by atoms with Crippen LogP contribution in [0.3, 0.4) is 0 Å². The fourth-order valence-corrected chi connectivity index (χ4v) is 5.40. The monoisotopic (exact) mass is 519 g/mol. The predicted molar refractivity (Wildman–Crippen MR) is 154 cm³/mol. The third kappa shape index (κ3) is 4.54. The van der Waals surface area contributed by atoms with E-state index >= 15 is 0 Å². The molecule has 2 aliphatic heterocycles. The number of hydrazone groups is 1. The van der Waals surface area contributed by atoms with Crippen LogP contribution in [0.1, 0.15) is 22.3 Å². The molecule has 0 unspecified atom stereocenters. The second-order valence-electron chi connectivity index (χ2n) is 9.25. The molecule has 1 amide bonds. The van der Waals surface area contributed by atoms with Gasteiger partial charge in [0.25, 0.3) is 5.91 Å². The molecule has 2 aliphatic rings. The first-order valence-electron chi connectivity index (χ1n) is 12.3.